The van der Waals surface area contributed by atoms with Gasteiger partial charge in [0.05, 0.1) is 18.4 Å². The maximum Gasteiger partial charge on any atom is 0.270 e. The zero-order valence-electron chi connectivity index (χ0n) is 14.2. The highest BCUT2D eigenvalue weighted by molar-refractivity contribution is 5.93. The van der Waals surface area contributed by atoms with Crippen molar-refractivity contribution in [3.8, 4) is 5.75 Å². The Labute approximate surface area is 146 Å². The second-order valence-electron chi connectivity index (χ2n) is 5.69. The van der Waals surface area contributed by atoms with E-state index in [1.807, 2.05) is 31.2 Å². The van der Waals surface area contributed by atoms with Crippen LogP contribution in [0.5, 0.6) is 5.75 Å². The quantitative estimate of drug-likeness (QED) is 0.804. The normalized spacial score (nSPS) is 16.4. The summed E-state index contributed by atoms with van der Waals surface area (Å²) in [6.45, 7) is 3.76. The maximum absolute atomic E-state index is 12.3. The van der Waals surface area contributed by atoms with Crippen molar-refractivity contribution in [2.45, 2.75) is 25.9 Å². The summed E-state index contributed by atoms with van der Waals surface area (Å²) in [6, 6.07) is 9.20. The second kappa shape index (κ2) is 8.43. The minimum Gasteiger partial charge on any atom is -0.492 e. The van der Waals surface area contributed by atoms with E-state index in [1.165, 1.54) is 6.33 Å². The number of para-hydroxylation sites is 2. The average Bonchev–Trinajstić information content (AvgIpc) is 3.15. The molecule has 1 unspecified atom stereocenters. The van der Waals surface area contributed by atoms with Gasteiger partial charge in [0.2, 0.25) is 0 Å². The lowest BCUT2D eigenvalue weighted by Gasteiger charge is -2.12. The number of ether oxygens (including phenoxy) is 2. The molecule has 0 radical (unpaired) electrons. The van der Waals surface area contributed by atoms with Crippen molar-refractivity contribution in [3.05, 3.63) is 42.4 Å². The number of rotatable bonds is 7. The van der Waals surface area contributed by atoms with Gasteiger partial charge in [-0.25, -0.2) is 9.97 Å². The number of hydrogen-bond donors (Lipinski definition) is 2. The Morgan fingerprint density at radius 1 is 1.36 bits per heavy atom. The molecule has 132 valence electrons. The fourth-order valence-electron chi connectivity index (χ4n) is 2.64. The summed E-state index contributed by atoms with van der Waals surface area (Å²) < 4.78 is 11.1. The zero-order chi connectivity index (χ0) is 17.5. The number of carbonyl (C=O) groups excluding carboxylic acids is 1. The van der Waals surface area contributed by atoms with Gasteiger partial charge in [0.15, 0.2) is 0 Å². The van der Waals surface area contributed by atoms with Gasteiger partial charge in [-0.3, -0.25) is 4.79 Å². The fourth-order valence-corrected chi connectivity index (χ4v) is 2.64. The second-order valence-corrected chi connectivity index (χ2v) is 5.69. The van der Waals surface area contributed by atoms with Crippen LogP contribution in [0.2, 0.25) is 0 Å². The minimum atomic E-state index is -0.237. The number of nitrogens with zero attached hydrogens (tertiary/aromatic N) is 2. The van der Waals surface area contributed by atoms with Gasteiger partial charge in [-0.15, -0.1) is 0 Å². The van der Waals surface area contributed by atoms with Crippen LogP contribution in [0.15, 0.2) is 36.7 Å². The van der Waals surface area contributed by atoms with Crippen LogP contribution in [0, 0.1) is 0 Å². The molecule has 1 aliphatic heterocycles. The van der Waals surface area contributed by atoms with Gasteiger partial charge in [0.1, 0.15) is 23.6 Å². The Bertz CT molecular complexity index is 717. The van der Waals surface area contributed by atoms with E-state index in [0.29, 0.717) is 24.7 Å². The number of amides is 1. The largest absolute Gasteiger partial charge is 0.492 e. The Morgan fingerprint density at radius 2 is 2.24 bits per heavy atom. The molecule has 1 aromatic heterocycles. The van der Waals surface area contributed by atoms with Crippen LogP contribution in [-0.2, 0) is 4.74 Å². The molecule has 2 aromatic rings. The van der Waals surface area contributed by atoms with Gasteiger partial charge in [0, 0.05) is 19.2 Å². The molecule has 7 heteroatoms. The van der Waals surface area contributed by atoms with Gasteiger partial charge in [-0.1, -0.05) is 12.1 Å². The molecule has 0 bridgehead atoms. The molecule has 1 fully saturated rings. The smallest absolute Gasteiger partial charge is 0.270 e. The lowest BCUT2D eigenvalue weighted by Crippen LogP contribution is -2.32. The van der Waals surface area contributed by atoms with Crippen molar-refractivity contribution in [2.24, 2.45) is 0 Å². The van der Waals surface area contributed by atoms with Crippen LogP contribution >= 0.6 is 0 Å². The first-order valence-corrected chi connectivity index (χ1v) is 8.47. The van der Waals surface area contributed by atoms with Crippen molar-refractivity contribution in [2.75, 3.05) is 25.1 Å². The van der Waals surface area contributed by atoms with Crippen molar-refractivity contribution >= 4 is 17.4 Å². The molecule has 0 saturated carbocycles. The van der Waals surface area contributed by atoms with Gasteiger partial charge < -0.3 is 20.1 Å². The Morgan fingerprint density at radius 3 is 3.04 bits per heavy atom. The molecule has 2 N–H and O–H groups in total. The van der Waals surface area contributed by atoms with Crippen LogP contribution in [0.25, 0.3) is 0 Å². The van der Waals surface area contributed by atoms with E-state index >= 15 is 0 Å². The van der Waals surface area contributed by atoms with Crippen LogP contribution in [-0.4, -0.2) is 41.7 Å². The number of nitrogens with one attached hydrogen (secondary N) is 2. The Kier molecular flexibility index (Phi) is 5.79. The van der Waals surface area contributed by atoms with Gasteiger partial charge in [0.25, 0.3) is 5.91 Å². The van der Waals surface area contributed by atoms with Crippen molar-refractivity contribution in [1.82, 2.24) is 15.3 Å². The minimum absolute atomic E-state index is 0.0986. The lowest BCUT2D eigenvalue weighted by molar-refractivity contribution is 0.0853. The van der Waals surface area contributed by atoms with E-state index in [4.69, 9.17) is 9.47 Å². The molecule has 1 saturated heterocycles. The van der Waals surface area contributed by atoms with E-state index in [-0.39, 0.29) is 12.0 Å². The topological polar surface area (TPSA) is 85.4 Å². The summed E-state index contributed by atoms with van der Waals surface area (Å²) in [6.07, 6.45) is 3.49. The van der Waals surface area contributed by atoms with Gasteiger partial charge in [-0.05, 0) is 31.9 Å². The highest BCUT2D eigenvalue weighted by atomic mass is 16.5. The third-order valence-electron chi connectivity index (χ3n) is 3.86. The number of carbonyl (C=O) groups is 1. The predicted octanol–water partition coefficient (Wildman–Crippen LogP) is 2.53. The molecule has 1 aromatic carbocycles. The summed E-state index contributed by atoms with van der Waals surface area (Å²) in [5.41, 5.74) is 1.10. The molecular formula is C18H22N4O3. The summed E-state index contributed by atoms with van der Waals surface area (Å²) >= 11 is 0. The maximum atomic E-state index is 12.3. The van der Waals surface area contributed by atoms with Crippen molar-refractivity contribution < 1.29 is 14.3 Å². The SMILES string of the molecule is CCOc1ccccc1Nc1cc(C(=O)NCC2CCCO2)ncn1. The molecule has 2 heterocycles. The molecule has 1 atom stereocenters. The number of hydrogen-bond acceptors (Lipinski definition) is 6. The monoisotopic (exact) mass is 342 g/mol. The number of benzene rings is 1. The lowest BCUT2D eigenvalue weighted by atomic mass is 10.2. The van der Waals surface area contributed by atoms with Gasteiger partial charge in [-0.2, -0.15) is 0 Å². The molecule has 0 aliphatic carbocycles. The highest BCUT2D eigenvalue weighted by Gasteiger charge is 2.17. The summed E-state index contributed by atoms with van der Waals surface area (Å²) in [7, 11) is 0. The summed E-state index contributed by atoms with van der Waals surface area (Å²) in [5, 5.41) is 6.03. The number of aromatic nitrogens is 2. The molecular weight excluding hydrogens is 320 g/mol. The third kappa shape index (κ3) is 4.67. The molecule has 1 amide bonds. The van der Waals surface area contributed by atoms with E-state index in [9.17, 15) is 4.79 Å². The Balaban J connectivity index is 1.65. The van der Waals surface area contributed by atoms with E-state index in [0.717, 1.165) is 30.9 Å². The molecule has 1 aliphatic rings. The fraction of sp³-hybridized carbons (Fsp3) is 0.389. The molecule has 7 nitrogen and oxygen atoms in total. The standard InChI is InChI=1S/C18H22N4O3/c1-2-24-16-8-4-3-7-14(16)22-17-10-15(20-12-21-17)18(23)19-11-13-6-5-9-25-13/h3-4,7-8,10,12-13H,2,5-6,9,11H2,1H3,(H,19,23)(H,20,21,22). The molecule has 25 heavy (non-hydrogen) atoms. The van der Waals surface area contributed by atoms with Crippen LogP contribution in [0.1, 0.15) is 30.3 Å². The first-order valence-electron chi connectivity index (χ1n) is 8.47. The summed E-state index contributed by atoms with van der Waals surface area (Å²) in [4.78, 5) is 20.5. The molecule has 0 spiro atoms. The van der Waals surface area contributed by atoms with Crippen molar-refractivity contribution in [1.29, 1.82) is 0 Å². The number of anilines is 2. The first kappa shape index (κ1) is 17.2. The summed E-state index contributed by atoms with van der Waals surface area (Å²) in [5.74, 6) is 1.02. The van der Waals surface area contributed by atoms with Crippen LogP contribution in [0.4, 0.5) is 11.5 Å². The van der Waals surface area contributed by atoms with E-state index in [1.54, 1.807) is 6.07 Å². The van der Waals surface area contributed by atoms with E-state index in [2.05, 4.69) is 20.6 Å². The highest BCUT2D eigenvalue weighted by Crippen LogP contribution is 2.26. The Hall–Kier alpha value is -2.67. The average molecular weight is 342 g/mol. The van der Waals surface area contributed by atoms with Gasteiger partial charge >= 0.3 is 0 Å². The zero-order valence-corrected chi connectivity index (χ0v) is 14.2. The van der Waals surface area contributed by atoms with Crippen LogP contribution in [0.3, 0.4) is 0 Å². The van der Waals surface area contributed by atoms with Crippen molar-refractivity contribution in [3.63, 3.8) is 0 Å². The van der Waals surface area contributed by atoms with Crippen LogP contribution < -0.4 is 15.4 Å². The van der Waals surface area contributed by atoms with E-state index < -0.39 is 0 Å². The first-order chi connectivity index (χ1) is 12.3. The predicted molar refractivity (Wildman–Crippen MR) is 94.2 cm³/mol. The molecule has 3 rings (SSSR count). The third-order valence-corrected chi connectivity index (χ3v) is 3.86.